The predicted octanol–water partition coefficient (Wildman–Crippen LogP) is 0.397. The maximum absolute atomic E-state index is 12.3. The molecular weight excluding hydrogens is 294 g/mol. The Hall–Kier alpha value is -1.71. The van der Waals surface area contributed by atoms with Gasteiger partial charge < -0.3 is 14.4 Å². The summed E-state index contributed by atoms with van der Waals surface area (Å²) in [5.41, 5.74) is 0.911. The molecule has 2 aromatic heterocycles. The van der Waals surface area contributed by atoms with Crippen molar-refractivity contribution in [3.63, 3.8) is 0 Å². The van der Waals surface area contributed by atoms with E-state index in [1.165, 1.54) is 0 Å². The van der Waals surface area contributed by atoms with Gasteiger partial charge in [0.1, 0.15) is 0 Å². The molecule has 0 spiro atoms. The van der Waals surface area contributed by atoms with Crippen LogP contribution in [0.15, 0.2) is 21.7 Å². The minimum absolute atomic E-state index is 0.0260. The molecule has 0 aromatic carbocycles. The lowest BCUT2D eigenvalue weighted by Crippen LogP contribution is -2.23. The Kier molecular flexibility index (Phi) is 4.76. The molecule has 2 rings (SSSR count). The van der Waals surface area contributed by atoms with Crippen molar-refractivity contribution < 1.29 is 12.9 Å². The first-order chi connectivity index (χ1) is 9.96. The van der Waals surface area contributed by atoms with Crippen molar-refractivity contribution in [2.24, 2.45) is 0 Å². The van der Waals surface area contributed by atoms with Crippen molar-refractivity contribution in [3.8, 4) is 0 Å². The Morgan fingerprint density at radius 1 is 1.38 bits per heavy atom. The number of aryl methyl sites for hydroxylation is 2. The molecule has 0 bridgehead atoms. The van der Waals surface area contributed by atoms with Crippen LogP contribution in [-0.4, -0.2) is 30.2 Å². The van der Waals surface area contributed by atoms with Gasteiger partial charge >= 0.3 is 0 Å². The Bertz CT molecular complexity index is 704. The van der Waals surface area contributed by atoms with Gasteiger partial charge in [-0.1, -0.05) is 5.16 Å². The summed E-state index contributed by atoms with van der Waals surface area (Å²) >= 11 is 0. The van der Waals surface area contributed by atoms with E-state index in [0.29, 0.717) is 18.9 Å². The van der Waals surface area contributed by atoms with Crippen LogP contribution in [0.4, 0.5) is 0 Å². The molecule has 0 saturated heterocycles. The van der Waals surface area contributed by atoms with Gasteiger partial charge in [0.15, 0.2) is 5.82 Å². The first-order valence-corrected chi connectivity index (χ1v) is 8.07. The smallest absolute Gasteiger partial charge is 0.242 e. The van der Waals surface area contributed by atoms with Gasteiger partial charge in [-0.25, -0.2) is 13.1 Å². The lowest BCUT2D eigenvalue weighted by atomic mass is 10.4. The highest BCUT2D eigenvalue weighted by atomic mass is 32.2. The number of hydrogen-bond donors (Lipinski definition) is 2. The summed E-state index contributed by atoms with van der Waals surface area (Å²) in [5.74, 6) is 0.707. The first kappa shape index (κ1) is 15.7. The zero-order valence-corrected chi connectivity index (χ0v) is 13.1. The molecular formula is C12H19N5O3S. The second-order valence-corrected chi connectivity index (χ2v) is 6.31. The van der Waals surface area contributed by atoms with Crippen LogP contribution in [0.5, 0.6) is 0 Å². The maximum Gasteiger partial charge on any atom is 0.242 e. The summed E-state index contributed by atoms with van der Waals surface area (Å²) in [6.07, 6.45) is 1.62. The van der Waals surface area contributed by atoms with Crippen molar-refractivity contribution in [2.75, 3.05) is 7.05 Å². The van der Waals surface area contributed by atoms with E-state index in [4.69, 9.17) is 4.52 Å². The molecule has 8 nitrogen and oxygen atoms in total. The summed E-state index contributed by atoms with van der Waals surface area (Å²) in [4.78, 5) is 4.18. The van der Waals surface area contributed by atoms with Gasteiger partial charge in [0.05, 0.1) is 11.4 Å². The van der Waals surface area contributed by atoms with Crippen LogP contribution in [0.25, 0.3) is 0 Å². The number of sulfonamides is 1. The van der Waals surface area contributed by atoms with E-state index in [1.54, 1.807) is 19.2 Å². The predicted molar refractivity (Wildman–Crippen MR) is 75.9 cm³/mol. The van der Waals surface area contributed by atoms with E-state index >= 15 is 0 Å². The lowest BCUT2D eigenvalue weighted by molar-refractivity contribution is 0.372. The van der Waals surface area contributed by atoms with E-state index in [0.717, 1.165) is 5.69 Å². The van der Waals surface area contributed by atoms with Crippen molar-refractivity contribution in [2.45, 2.75) is 38.4 Å². The summed E-state index contributed by atoms with van der Waals surface area (Å²) in [5, 5.41) is 6.63. The van der Waals surface area contributed by atoms with Crippen molar-refractivity contribution in [1.82, 2.24) is 24.7 Å². The average molecular weight is 313 g/mol. The second-order valence-electron chi connectivity index (χ2n) is 4.54. The first-order valence-electron chi connectivity index (χ1n) is 6.58. The number of rotatable bonds is 7. The van der Waals surface area contributed by atoms with E-state index in [-0.39, 0.29) is 17.3 Å². The Morgan fingerprint density at radius 3 is 2.71 bits per heavy atom. The highest BCUT2D eigenvalue weighted by Crippen LogP contribution is 2.15. The van der Waals surface area contributed by atoms with Crippen LogP contribution in [0.1, 0.15) is 24.3 Å². The second kappa shape index (κ2) is 6.37. The standard InChI is InChI=1S/C12H19N5O3S/c1-4-17-8-11(5-10(17)6-13-3)21(18,19)14-7-12-15-9(2)16-20-12/h5,8,13-14H,4,6-7H2,1-3H3. The van der Waals surface area contributed by atoms with Gasteiger partial charge in [0.2, 0.25) is 15.9 Å². The number of nitrogens with one attached hydrogen (secondary N) is 2. The fourth-order valence-corrected chi connectivity index (χ4v) is 2.99. The minimum Gasteiger partial charge on any atom is -0.349 e. The van der Waals surface area contributed by atoms with Gasteiger partial charge in [-0.2, -0.15) is 4.98 Å². The van der Waals surface area contributed by atoms with E-state index < -0.39 is 10.0 Å². The molecule has 116 valence electrons. The molecule has 2 heterocycles. The van der Waals surface area contributed by atoms with E-state index in [9.17, 15) is 8.42 Å². The summed E-state index contributed by atoms with van der Waals surface area (Å²) in [6.45, 7) is 4.92. The van der Waals surface area contributed by atoms with Crippen molar-refractivity contribution in [3.05, 3.63) is 29.7 Å². The van der Waals surface area contributed by atoms with Crippen LogP contribution in [0.3, 0.4) is 0 Å². The molecule has 0 aliphatic rings. The molecule has 21 heavy (non-hydrogen) atoms. The minimum atomic E-state index is -3.61. The zero-order chi connectivity index (χ0) is 15.5. The Labute approximate surface area is 123 Å². The summed E-state index contributed by atoms with van der Waals surface area (Å²) < 4.78 is 33.8. The number of nitrogens with zero attached hydrogens (tertiary/aromatic N) is 3. The molecule has 0 amide bonds. The highest BCUT2D eigenvalue weighted by Gasteiger charge is 2.19. The molecule has 0 aliphatic carbocycles. The molecule has 2 N–H and O–H groups in total. The molecule has 0 unspecified atom stereocenters. The van der Waals surface area contributed by atoms with Crippen LogP contribution < -0.4 is 10.0 Å². The lowest BCUT2D eigenvalue weighted by Gasteiger charge is -2.03. The monoisotopic (exact) mass is 313 g/mol. The Morgan fingerprint density at radius 2 is 2.14 bits per heavy atom. The van der Waals surface area contributed by atoms with Crippen LogP contribution in [-0.2, 0) is 29.7 Å². The van der Waals surface area contributed by atoms with Crippen LogP contribution in [0, 0.1) is 6.92 Å². The third kappa shape index (κ3) is 3.69. The quantitative estimate of drug-likeness (QED) is 0.767. The Balaban J connectivity index is 2.15. The third-order valence-electron chi connectivity index (χ3n) is 2.95. The topological polar surface area (TPSA) is 102 Å². The maximum atomic E-state index is 12.3. The molecule has 0 fully saturated rings. The number of aromatic nitrogens is 3. The highest BCUT2D eigenvalue weighted by molar-refractivity contribution is 7.89. The molecule has 9 heteroatoms. The largest absolute Gasteiger partial charge is 0.349 e. The van der Waals surface area contributed by atoms with E-state index in [2.05, 4.69) is 20.2 Å². The van der Waals surface area contributed by atoms with Crippen molar-refractivity contribution in [1.29, 1.82) is 0 Å². The molecule has 0 radical (unpaired) electrons. The molecule has 0 saturated carbocycles. The van der Waals surface area contributed by atoms with Crippen LogP contribution >= 0.6 is 0 Å². The van der Waals surface area contributed by atoms with Gasteiger partial charge in [0, 0.05) is 25.0 Å². The van der Waals surface area contributed by atoms with Crippen LogP contribution in [0.2, 0.25) is 0 Å². The average Bonchev–Trinajstić information content (AvgIpc) is 3.04. The van der Waals surface area contributed by atoms with Gasteiger partial charge in [-0.15, -0.1) is 0 Å². The zero-order valence-electron chi connectivity index (χ0n) is 12.3. The molecule has 0 aliphatic heterocycles. The van der Waals surface area contributed by atoms with Gasteiger partial charge in [0.25, 0.3) is 0 Å². The summed E-state index contributed by atoms with van der Waals surface area (Å²) in [7, 11) is -1.79. The van der Waals surface area contributed by atoms with Gasteiger partial charge in [-0.05, 0) is 27.0 Å². The SMILES string of the molecule is CCn1cc(S(=O)(=O)NCc2nc(C)no2)cc1CNC. The molecule has 0 atom stereocenters. The summed E-state index contributed by atoms with van der Waals surface area (Å²) in [6, 6.07) is 1.65. The normalized spacial score (nSPS) is 12.0. The fraction of sp³-hybridized carbons (Fsp3) is 0.500. The third-order valence-corrected chi connectivity index (χ3v) is 4.32. The van der Waals surface area contributed by atoms with Crippen molar-refractivity contribution >= 4 is 10.0 Å². The van der Waals surface area contributed by atoms with Gasteiger partial charge in [-0.3, -0.25) is 0 Å². The number of hydrogen-bond acceptors (Lipinski definition) is 6. The molecule has 2 aromatic rings. The van der Waals surface area contributed by atoms with E-state index in [1.807, 2.05) is 18.5 Å². The fourth-order valence-electron chi connectivity index (χ4n) is 1.95.